The summed E-state index contributed by atoms with van der Waals surface area (Å²) in [6.45, 7) is 2.43. The Bertz CT molecular complexity index is 1050. The van der Waals surface area contributed by atoms with Crippen molar-refractivity contribution in [2.75, 3.05) is 5.73 Å². The molecule has 0 saturated heterocycles. The van der Waals surface area contributed by atoms with E-state index in [0.717, 1.165) is 33.4 Å². The highest BCUT2D eigenvalue weighted by molar-refractivity contribution is 5.78. The van der Waals surface area contributed by atoms with Gasteiger partial charge in [0.05, 0.1) is 6.54 Å². The fourth-order valence-electron chi connectivity index (χ4n) is 3.18. The first kappa shape index (κ1) is 17.7. The minimum Gasteiger partial charge on any atom is -0.398 e. The molecule has 1 heterocycles. The lowest BCUT2D eigenvalue weighted by Crippen LogP contribution is -2.39. The smallest absolute Gasteiger partial charge is 0.331 e. The second-order valence-corrected chi connectivity index (χ2v) is 6.40. The highest BCUT2D eigenvalue weighted by atomic mass is 16.2. The zero-order valence-electron chi connectivity index (χ0n) is 15.1. The Labute approximate surface area is 152 Å². The predicted molar refractivity (Wildman–Crippen MR) is 105 cm³/mol. The molecular formula is C21H23N3O2. The van der Waals surface area contributed by atoms with Crippen LogP contribution in [0.5, 0.6) is 0 Å². The van der Waals surface area contributed by atoms with E-state index in [1.807, 2.05) is 55.5 Å². The standard InChI is InChI=1S/C21H23N3O2/c1-3-8-16-13-20(25)23(2)21(26)24(16)14-15-9-4-5-10-17(15)18-11-6-7-12-19(18)22/h4-7,9-13H,3,8,14,22H2,1-2H3. The molecule has 0 bridgehead atoms. The fourth-order valence-corrected chi connectivity index (χ4v) is 3.18. The zero-order chi connectivity index (χ0) is 18.7. The number of hydrogen-bond donors (Lipinski definition) is 1. The van der Waals surface area contributed by atoms with Crippen LogP contribution in [0.3, 0.4) is 0 Å². The molecule has 0 fully saturated rings. The van der Waals surface area contributed by atoms with E-state index >= 15 is 0 Å². The van der Waals surface area contributed by atoms with Gasteiger partial charge in [-0.2, -0.15) is 0 Å². The Kier molecular flexibility index (Phi) is 5.07. The lowest BCUT2D eigenvalue weighted by atomic mass is 9.98. The molecule has 0 aliphatic heterocycles. The van der Waals surface area contributed by atoms with Crippen LogP contribution in [0.25, 0.3) is 11.1 Å². The number of benzene rings is 2. The molecular weight excluding hydrogens is 326 g/mol. The molecule has 0 aliphatic rings. The number of nitrogens with two attached hydrogens (primary N) is 1. The van der Waals surface area contributed by atoms with E-state index in [9.17, 15) is 9.59 Å². The summed E-state index contributed by atoms with van der Waals surface area (Å²) in [5.41, 5.74) is 9.97. The summed E-state index contributed by atoms with van der Waals surface area (Å²) >= 11 is 0. The third-order valence-corrected chi connectivity index (χ3v) is 4.59. The number of nitrogens with zero attached hydrogens (tertiary/aromatic N) is 2. The number of aromatic nitrogens is 2. The third kappa shape index (κ3) is 3.33. The van der Waals surface area contributed by atoms with Crippen LogP contribution in [0.2, 0.25) is 0 Å². The van der Waals surface area contributed by atoms with Crippen LogP contribution in [0.15, 0.2) is 64.2 Å². The summed E-state index contributed by atoms with van der Waals surface area (Å²) in [5.74, 6) is 0. The molecule has 0 saturated carbocycles. The Morgan fingerprint density at radius 3 is 2.31 bits per heavy atom. The van der Waals surface area contributed by atoms with E-state index in [0.29, 0.717) is 18.7 Å². The summed E-state index contributed by atoms with van der Waals surface area (Å²) in [7, 11) is 1.51. The SMILES string of the molecule is CCCc1cc(=O)n(C)c(=O)n1Cc1ccccc1-c1ccccc1N. The van der Waals surface area contributed by atoms with Gasteiger partial charge in [0.2, 0.25) is 0 Å². The van der Waals surface area contributed by atoms with Crippen LogP contribution in [-0.4, -0.2) is 9.13 Å². The lowest BCUT2D eigenvalue weighted by molar-refractivity contribution is 0.606. The highest BCUT2D eigenvalue weighted by Gasteiger charge is 2.13. The summed E-state index contributed by atoms with van der Waals surface area (Å²) in [4.78, 5) is 24.7. The molecule has 2 aromatic carbocycles. The lowest BCUT2D eigenvalue weighted by Gasteiger charge is -2.17. The average Bonchev–Trinajstić information content (AvgIpc) is 2.64. The Hall–Kier alpha value is -3.08. The second-order valence-electron chi connectivity index (χ2n) is 6.40. The zero-order valence-corrected chi connectivity index (χ0v) is 15.1. The van der Waals surface area contributed by atoms with Crippen LogP contribution in [0, 0.1) is 0 Å². The van der Waals surface area contributed by atoms with Gasteiger partial charge in [-0.3, -0.25) is 13.9 Å². The number of anilines is 1. The van der Waals surface area contributed by atoms with Crippen molar-refractivity contribution in [1.29, 1.82) is 0 Å². The van der Waals surface area contributed by atoms with Crippen molar-refractivity contribution in [1.82, 2.24) is 9.13 Å². The van der Waals surface area contributed by atoms with Crippen LogP contribution in [-0.2, 0) is 20.0 Å². The quantitative estimate of drug-likeness (QED) is 0.720. The van der Waals surface area contributed by atoms with Gasteiger partial charge in [0.25, 0.3) is 5.56 Å². The van der Waals surface area contributed by atoms with E-state index in [-0.39, 0.29) is 11.2 Å². The van der Waals surface area contributed by atoms with Gasteiger partial charge in [0.1, 0.15) is 0 Å². The summed E-state index contributed by atoms with van der Waals surface area (Å²) in [5, 5.41) is 0. The van der Waals surface area contributed by atoms with Gasteiger partial charge < -0.3 is 5.73 Å². The number of nitrogen functional groups attached to an aromatic ring is 1. The van der Waals surface area contributed by atoms with Crippen molar-refractivity contribution >= 4 is 5.69 Å². The van der Waals surface area contributed by atoms with Gasteiger partial charge in [-0.1, -0.05) is 55.8 Å². The van der Waals surface area contributed by atoms with Gasteiger partial charge in [-0.25, -0.2) is 4.79 Å². The molecule has 0 atom stereocenters. The van der Waals surface area contributed by atoms with Crippen molar-refractivity contribution in [3.05, 3.63) is 86.7 Å². The maximum absolute atomic E-state index is 12.7. The van der Waals surface area contributed by atoms with Crippen molar-refractivity contribution in [2.24, 2.45) is 7.05 Å². The largest absolute Gasteiger partial charge is 0.398 e. The molecule has 1 aromatic heterocycles. The maximum atomic E-state index is 12.7. The minimum absolute atomic E-state index is 0.268. The minimum atomic E-state index is -0.295. The monoisotopic (exact) mass is 349 g/mol. The average molecular weight is 349 g/mol. The first-order valence-corrected chi connectivity index (χ1v) is 8.75. The first-order chi connectivity index (χ1) is 12.5. The van der Waals surface area contributed by atoms with Crippen molar-refractivity contribution in [2.45, 2.75) is 26.3 Å². The van der Waals surface area contributed by atoms with Gasteiger partial charge in [-0.15, -0.1) is 0 Å². The Morgan fingerprint density at radius 1 is 0.962 bits per heavy atom. The van der Waals surface area contributed by atoms with Crippen LogP contribution < -0.4 is 17.0 Å². The summed E-state index contributed by atoms with van der Waals surface area (Å²) < 4.78 is 2.83. The Balaban J connectivity index is 2.15. The molecule has 134 valence electrons. The first-order valence-electron chi connectivity index (χ1n) is 8.75. The molecule has 3 aromatic rings. The van der Waals surface area contributed by atoms with Crippen molar-refractivity contribution in [3.63, 3.8) is 0 Å². The highest BCUT2D eigenvalue weighted by Crippen LogP contribution is 2.29. The topological polar surface area (TPSA) is 70.0 Å². The fraction of sp³-hybridized carbons (Fsp3) is 0.238. The second kappa shape index (κ2) is 7.44. The molecule has 0 radical (unpaired) electrons. The molecule has 26 heavy (non-hydrogen) atoms. The Morgan fingerprint density at radius 2 is 1.62 bits per heavy atom. The molecule has 5 nitrogen and oxygen atoms in total. The number of para-hydroxylation sites is 1. The normalized spacial score (nSPS) is 10.8. The van der Waals surface area contributed by atoms with Crippen LogP contribution in [0.1, 0.15) is 24.6 Å². The van der Waals surface area contributed by atoms with E-state index in [1.54, 1.807) is 10.6 Å². The summed E-state index contributed by atoms with van der Waals surface area (Å²) in [6.07, 6.45) is 1.54. The predicted octanol–water partition coefficient (Wildman–Crippen LogP) is 2.80. The van der Waals surface area contributed by atoms with Crippen molar-refractivity contribution in [3.8, 4) is 11.1 Å². The van der Waals surface area contributed by atoms with Gasteiger partial charge >= 0.3 is 5.69 Å². The van der Waals surface area contributed by atoms with Crippen molar-refractivity contribution < 1.29 is 0 Å². The van der Waals surface area contributed by atoms with Crippen LogP contribution >= 0.6 is 0 Å². The summed E-state index contributed by atoms with van der Waals surface area (Å²) in [6, 6.07) is 17.2. The number of hydrogen-bond acceptors (Lipinski definition) is 3. The van der Waals surface area contributed by atoms with E-state index in [4.69, 9.17) is 5.73 Å². The molecule has 0 amide bonds. The van der Waals surface area contributed by atoms with E-state index < -0.39 is 0 Å². The molecule has 2 N–H and O–H groups in total. The molecule has 0 aliphatic carbocycles. The third-order valence-electron chi connectivity index (χ3n) is 4.59. The van der Waals surface area contributed by atoms with Gasteiger partial charge in [0, 0.05) is 30.1 Å². The molecule has 0 unspecified atom stereocenters. The number of aryl methyl sites for hydroxylation is 1. The van der Waals surface area contributed by atoms with Gasteiger partial charge in [0.15, 0.2) is 0 Å². The maximum Gasteiger partial charge on any atom is 0.331 e. The molecule has 0 spiro atoms. The van der Waals surface area contributed by atoms with Gasteiger partial charge in [-0.05, 0) is 23.6 Å². The number of rotatable bonds is 5. The van der Waals surface area contributed by atoms with E-state index in [1.165, 1.54) is 7.05 Å². The van der Waals surface area contributed by atoms with Crippen LogP contribution in [0.4, 0.5) is 5.69 Å². The molecule has 3 rings (SSSR count). The van der Waals surface area contributed by atoms with E-state index in [2.05, 4.69) is 0 Å². The molecule has 5 heteroatoms.